The normalized spacial score (nSPS) is 12.5. The van der Waals surface area contributed by atoms with Gasteiger partial charge in [0, 0.05) is 18.7 Å². The Morgan fingerprint density at radius 3 is 2.73 bits per heavy atom. The second-order valence-corrected chi connectivity index (χ2v) is 3.47. The van der Waals surface area contributed by atoms with Gasteiger partial charge in [-0.05, 0) is 18.4 Å². The molecule has 2 nitrogen and oxygen atoms in total. The summed E-state index contributed by atoms with van der Waals surface area (Å²) in [6.45, 7) is 2.77. The molecule has 0 spiro atoms. The van der Waals surface area contributed by atoms with Crippen LogP contribution in [-0.4, -0.2) is 12.8 Å². The summed E-state index contributed by atoms with van der Waals surface area (Å²) in [6, 6.07) is 12.3. The van der Waals surface area contributed by atoms with Crippen molar-refractivity contribution in [3.05, 3.63) is 35.9 Å². The van der Waals surface area contributed by atoms with E-state index in [0.717, 1.165) is 24.9 Å². The minimum Gasteiger partial charge on any atom is -0.293 e. The predicted octanol–water partition coefficient (Wildman–Crippen LogP) is 3.05. The van der Waals surface area contributed by atoms with E-state index >= 15 is 0 Å². The highest BCUT2D eigenvalue weighted by molar-refractivity contribution is 5.79. The second kappa shape index (κ2) is 6.78. The molecule has 0 saturated carbocycles. The quantitative estimate of drug-likeness (QED) is 0.673. The van der Waals surface area contributed by atoms with Crippen LogP contribution in [0.3, 0.4) is 0 Å². The molecule has 0 saturated heterocycles. The molecule has 2 heteroatoms. The molecule has 1 rings (SSSR count). The third-order valence-corrected chi connectivity index (χ3v) is 2.32. The lowest BCUT2D eigenvalue weighted by atomic mass is 10.1. The first-order chi connectivity index (χ1) is 7.36. The molecule has 0 aliphatic heterocycles. The lowest BCUT2D eigenvalue weighted by Crippen LogP contribution is -1.97. The lowest BCUT2D eigenvalue weighted by Gasteiger charge is -2.01. The maximum absolute atomic E-state index is 8.74. The largest absolute Gasteiger partial charge is 0.293 e. The standard InChI is InChI=1S/C13H16N2/c1-2-12(10-14)8-9-15-11-13-6-4-3-5-7-13/h3-7,11-12H,2,8-9H2,1H3/b15-11+. The van der Waals surface area contributed by atoms with E-state index in [2.05, 4.69) is 11.1 Å². The molecule has 78 valence electrons. The predicted molar refractivity (Wildman–Crippen MR) is 62.9 cm³/mol. The Hall–Kier alpha value is -1.62. The van der Waals surface area contributed by atoms with Crippen molar-refractivity contribution in [2.75, 3.05) is 6.54 Å². The van der Waals surface area contributed by atoms with E-state index < -0.39 is 0 Å². The van der Waals surface area contributed by atoms with Gasteiger partial charge in [0.05, 0.1) is 6.07 Å². The van der Waals surface area contributed by atoms with Gasteiger partial charge in [-0.1, -0.05) is 37.3 Å². The van der Waals surface area contributed by atoms with Crippen LogP contribution in [0.4, 0.5) is 0 Å². The van der Waals surface area contributed by atoms with Gasteiger partial charge in [-0.15, -0.1) is 0 Å². The van der Waals surface area contributed by atoms with E-state index in [4.69, 9.17) is 5.26 Å². The van der Waals surface area contributed by atoms with Gasteiger partial charge in [-0.25, -0.2) is 0 Å². The van der Waals surface area contributed by atoms with Crippen LogP contribution in [0, 0.1) is 17.2 Å². The molecular weight excluding hydrogens is 184 g/mol. The van der Waals surface area contributed by atoms with Crippen molar-refractivity contribution in [1.82, 2.24) is 0 Å². The van der Waals surface area contributed by atoms with E-state index in [9.17, 15) is 0 Å². The van der Waals surface area contributed by atoms with E-state index in [0.29, 0.717) is 0 Å². The maximum atomic E-state index is 8.74. The first kappa shape index (κ1) is 11.5. The summed E-state index contributed by atoms with van der Waals surface area (Å²) in [4.78, 5) is 4.30. The van der Waals surface area contributed by atoms with Crippen LogP contribution in [0.1, 0.15) is 25.3 Å². The minimum absolute atomic E-state index is 0.151. The summed E-state index contributed by atoms with van der Waals surface area (Å²) in [5.41, 5.74) is 1.11. The third kappa shape index (κ3) is 4.42. The van der Waals surface area contributed by atoms with Crippen LogP contribution in [0.15, 0.2) is 35.3 Å². The third-order valence-electron chi connectivity index (χ3n) is 2.32. The van der Waals surface area contributed by atoms with Gasteiger partial charge < -0.3 is 0 Å². The fraction of sp³-hybridized carbons (Fsp3) is 0.385. The number of nitrogens with zero attached hydrogens (tertiary/aromatic N) is 2. The average molecular weight is 200 g/mol. The van der Waals surface area contributed by atoms with E-state index in [1.165, 1.54) is 0 Å². The van der Waals surface area contributed by atoms with Gasteiger partial charge in [0.25, 0.3) is 0 Å². The Morgan fingerprint density at radius 1 is 1.40 bits per heavy atom. The van der Waals surface area contributed by atoms with Gasteiger partial charge in [-0.3, -0.25) is 4.99 Å². The van der Waals surface area contributed by atoms with Crippen LogP contribution in [0.25, 0.3) is 0 Å². The average Bonchev–Trinajstić information content (AvgIpc) is 2.31. The Balaban J connectivity index is 2.32. The van der Waals surface area contributed by atoms with Gasteiger partial charge in [0.1, 0.15) is 0 Å². The van der Waals surface area contributed by atoms with Crippen LogP contribution >= 0.6 is 0 Å². The molecule has 0 bridgehead atoms. The highest BCUT2D eigenvalue weighted by Gasteiger charge is 2.01. The zero-order valence-electron chi connectivity index (χ0n) is 9.06. The Kier molecular flexibility index (Phi) is 5.18. The molecule has 1 unspecified atom stereocenters. The zero-order chi connectivity index (χ0) is 10.9. The topological polar surface area (TPSA) is 36.1 Å². The van der Waals surface area contributed by atoms with Crippen molar-refractivity contribution >= 4 is 6.21 Å². The summed E-state index contributed by atoms with van der Waals surface area (Å²) in [5, 5.41) is 8.74. The molecule has 15 heavy (non-hydrogen) atoms. The number of hydrogen-bond donors (Lipinski definition) is 0. The smallest absolute Gasteiger partial charge is 0.0656 e. The summed E-state index contributed by atoms with van der Waals surface area (Å²) < 4.78 is 0. The zero-order valence-corrected chi connectivity index (χ0v) is 9.06. The number of aliphatic imine (C=N–C) groups is 1. The Labute approximate surface area is 91.3 Å². The highest BCUT2D eigenvalue weighted by atomic mass is 14.7. The van der Waals surface area contributed by atoms with E-state index in [1.54, 1.807) is 0 Å². The fourth-order valence-corrected chi connectivity index (χ4v) is 1.30. The highest BCUT2D eigenvalue weighted by Crippen LogP contribution is 2.05. The van der Waals surface area contributed by atoms with E-state index in [1.807, 2.05) is 43.5 Å². The Morgan fingerprint density at radius 2 is 2.13 bits per heavy atom. The first-order valence-corrected chi connectivity index (χ1v) is 5.31. The van der Waals surface area contributed by atoms with E-state index in [-0.39, 0.29) is 5.92 Å². The SMILES string of the molecule is CCC(C#N)CC/N=C/c1ccccc1. The molecule has 0 fully saturated rings. The summed E-state index contributed by atoms with van der Waals surface area (Å²) in [5.74, 6) is 0.151. The molecule has 1 aromatic carbocycles. The summed E-state index contributed by atoms with van der Waals surface area (Å²) >= 11 is 0. The van der Waals surface area contributed by atoms with Crippen molar-refractivity contribution in [2.45, 2.75) is 19.8 Å². The maximum Gasteiger partial charge on any atom is 0.0656 e. The first-order valence-electron chi connectivity index (χ1n) is 5.31. The van der Waals surface area contributed by atoms with Gasteiger partial charge >= 0.3 is 0 Å². The van der Waals surface area contributed by atoms with Gasteiger partial charge in [-0.2, -0.15) is 5.26 Å². The second-order valence-electron chi connectivity index (χ2n) is 3.47. The Bertz CT molecular complexity index is 335. The van der Waals surface area contributed by atoms with Gasteiger partial charge in [0.15, 0.2) is 0 Å². The molecule has 0 aliphatic rings. The van der Waals surface area contributed by atoms with Crippen molar-refractivity contribution in [1.29, 1.82) is 5.26 Å². The summed E-state index contributed by atoms with van der Waals surface area (Å²) in [7, 11) is 0. The van der Waals surface area contributed by atoms with Crippen molar-refractivity contribution in [2.24, 2.45) is 10.9 Å². The lowest BCUT2D eigenvalue weighted by molar-refractivity contribution is 0.594. The monoisotopic (exact) mass is 200 g/mol. The van der Waals surface area contributed by atoms with Crippen molar-refractivity contribution < 1.29 is 0 Å². The molecule has 0 amide bonds. The van der Waals surface area contributed by atoms with Crippen LogP contribution < -0.4 is 0 Å². The summed E-state index contributed by atoms with van der Waals surface area (Å²) in [6.07, 6.45) is 3.64. The molecule has 1 atom stereocenters. The van der Waals surface area contributed by atoms with Crippen molar-refractivity contribution in [3.63, 3.8) is 0 Å². The van der Waals surface area contributed by atoms with Crippen LogP contribution in [-0.2, 0) is 0 Å². The van der Waals surface area contributed by atoms with Crippen LogP contribution in [0.2, 0.25) is 0 Å². The molecule has 0 heterocycles. The molecular formula is C13H16N2. The van der Waals surface area contributed by atoms with Crippen molar-refractivity contribution in [3.8, 4) is 6.07 Å². The fourth-order valence-electron chi connectivity index (χ4n) is 1.30. The van der Waals surface area contributed by atoms with Gasteiger partial charge in [0.2, 0.25) is 0 Å². The number of rotatable bonds is 5. The van der Waals surface area contributed by atoms with Crippen LogP contribution in [0.5, 0.6) is 0 Å². The molecule has 0 N–H and O–H groups in total. The number of nitriles is 1. The molecule has 0 radical (unpaired) electrons. The number of hydrogen-bond acceptors (Lipinski definition) is 2. The molecule has 1 aromatic rings. The molecule has 0 aromatic heterocycles. The molecule has 0 aliphatic carbocycles. The minimum atomic E-state index is 0.151. The number of benzene rings is 1.